The third-order valence-corrected chi connectivity index (χ3v) is 5.45. The van der Waals surface area contributed by atoms with Gasteiger partial charge in [-0.15, -0.1) is 0 Å². The molecule has 1 atom stereocenters. The summed E-state index contributed by atoms with van der Waals surface area (Å²) >= 11 is 0. The molecule has 0 saturated heterocycles. The van der Waals surface area contributed by atoms with E-state index in [0.717, 1.165) is 63.3 Å². The zero-order valence-corrected chi connectivity index (χ0v) is 18.2. The number of hydrogen-bond donors (Lipinski definition) is 3. The molecule has 168 valence electrons. The number of methoxy groups -OCH3 is 1. The molecule has 3 N–H and O–H groups in total. The second-order valence-corrected chi connectivity index (χ2v) is 7.75. The van der Waals surface area contributed by atoms with Gasteiger partial charge >= 0.3 is 5.97 Å². The van der Waals surface area contributed by atoms with E-state index in [0.29, 0.717) is 19.6 Å². The molecule has 1 aliphatic heterocycles. The first kappa shape index (κ1) is 24.2. The van der Waals surface area contributed by atoms with E-state index >= 15 is 0 Å². The standard InChI is InChI=1S/C22H37N5O3/c1-23-17-25-20(22(28)29)11-14-27(15-16-30-2)13-5-3-4-8-19-10-9-18-7-6-12-24-21(18)26-19/h9-10,20,25H,1,3-8,11-17H2,2H3,(H,24,26)(H,28,29)/t20-/m0/s1. The Morgan fingerprint density at radius 3 is 3.00 bits per heavy atom. The normalized spacial score (nSPS) is 14.2. The Labute approximate surface area is 180 Å². The summed E-state index contributed by atoms with van der Waals surface area (Å²) in [7, 11) is 1.69. The lowest BCUT2D eigenvalue weighted by Gasteiger charge is -2.24. The fourth-order valence-corrected chi connectivity index (χ4v) is 3.68. The van der Waals surface area contributed by atoms with Crippen molar-refractivity contribution in [2.45, 2.75) is 51.0 Å². The van der Waals surface area contributed by atoms with Crippen LogP contribution in [0.15, 0.2) is 17.1 Å². The largest absolute Gasteiger partial charge is 0.480 e. The molecular formula is C22H37N5O3. The van der Waals surface area contributed by atoms with Gasteiger partial charge in [0.2, 0.25) is 0 Å². The van der Waals surface area contributed by atoms with Gasteiger partial charge in [-0.25, -0.2) is 4.98 Å². The SMILES string of the molecule is C=NCN[C@@H](CCN(CCCCCc1ccc2c(n1)NCCC2)CCOC)C(=O)O. The number of nitrogens with one attached hydrogen (secondary N) is 2. The number of anilines is 1. The maximum Gasteiger partial charge on any atom is 0.320 e. The smallest absolute Gasteiger partial charge is 0.320 e. The molecule has 8 nitrogen and oxygen atoms in total. The predicted molar refractivity (Wildman–Crippen MR) is 121 cm³/mol. The molecule has 30 heavy (non-hydrogen) atoms. The minimum absolute atomic E-state index is 0.251. The highest BCUT2D eigenvalue weighted by Crippen LogP contribution is 2.20. The molecule has 0 unspecified atom stereocenters. The number of hydrogen-bond acceptors (Lipinski definition) is 7. The summed E-state index contributed by atoms with van der Waals surface area (Å²) in [5, 5.41) is 15.6. The summed E-state index contributed by atoms with van der Waals surface area (Å²) in [5.41, 5.74) is 2.49. The second kappa shape index (κ2) is 14.1. The van der Waals surface area contributed by atoms with Gasteiger partial charge in [0.25, 0.3) is 0 Å². The number of carbonyl (C=O) groups is 1. The number of aromatic nitrogens is 1. The highest BCUT2D eigenvalue weighted by atomic mass is 16.5. The number of ether oxygens (including phenoxy) is 1. The van der Waals surface area contributed by atoms with E-state index < -0.39 is 12.0 Å². The summed E-state index contributed by atoms with van der Waals surface area (Å²) in [6.07, 6.45) is 7.13. The van der Waals surface area contributed by atoms with Crippen molar-refractivity contribution in [3.8, 4) is 0 Å². The van der Waals surface area contributed by atoms with Crippen LogP contribution in [0.5, 0.6) is 0 Å². The van der Waals surface area contributed by atoms with Crippen molar-refractivity contribution in [1.29, 1.82) is 0 Å². The van der Waals surface area contributed by atoms with Crippen LogP contribution in [0.4, 0.5) is 5.82 Å². The Morgan fingerprint density at radius 2 is 2.23 bits per heavy atom. The first-order valence-corrected chi connectivity index (χ1v) is 11.0. The molecule has 0 saturated carbocycles. The van der Waals surface area contributed by atoms with Crippen LogP contribution in [0, 0.1) is 0 Å². The number of carboxylic acids is 1. The van der Waals surface area contributed by atoms with E-state index in [1.165, 1.54) is 12.0 Å². The topological polar surface area (TPSA) is 99.1 Å². The van der Waals surface area contributed by atoms with Gasteiger partial charge in [-0.05, 0) is 63.4 Å². The molecule has 0 spiro atoms. The third kappa shape index (κ3) is 8.77. The first-order valence-electron chi connectivity index (χ1n) is 11.0. The van der Waals surface area contributed by atoms with Crippen LogP contribution in [0.1, 0.15) is 43.4 Å². The van der Waals surface area contributed by atoms with Crippen molar-refractivity contribution in [3.63, 3.8) is 0 Å². The number of aliphatic imine (C=N–C) groups is 1. The monoisotopic (exact) mass is 419 g/mol. The fourth-order valence-electron chi connectivity index (χ4n) is 3.68. The number of nitrogens with zero attached hydrogens (tertiary/aromatic N) is 3. The minimum atomic E-state index is -0.850. The molecule has 0 aliphatic carbocycles. The van der Waals surface area contributed by atoms with Crippen molar-refractivity contribution in [3.05, 3.63) is 23.4 Å². The van der Waals surface area contributed by atoms with Crippen LogP contribution >= 0.6 is 0 Å². The van der Waals surface area contributed by atoms with E-state index in [9.17, 15) is 9.90 Å². The molecule has 0 aromatic carbocycles. The average Bonchev–Trinajstić information content (AvgIpc) is 2.76. The highest BCUT2D eigenvalue weighted by molar-refractivity contribution is 5.73. The Bertz CT molecular complexity index is 656. The molecule has 2 rings (SSSR count). The van der Waals surface area contributed by atoms with E-state index in [1.807, 2.05) is 0 Å². The Balaban J connectivity index is 1.70. The van der Waals surface area contributed by atoms with Crippen molar-refractivity contribution in [1.82, 2.24) is 15.2 Å². The molecule has 0 radical (unpaired) electrons. The molecule has 2 heterocycles. The maximum absolute atomic E-state index is 11.4. The summed E-state index contributed by atoms with van der Waals surface area (Å²) < 4.78 is 5.21. The van der Waals surface area contributed by atoms with Gasteiger partial charge in [-0.2, -0.15) is 0 Å². The van der Waals surface area contributed by atoms with Crippen LogP contribution < -0.4 is 10.6 Å². The van der Waals surface area contributed by atoms with Crippen molar-refractivity contribution < 1.29 is 14.6 Å². The number of fused-ring (bicyclic) bond motifs is 1. The van der Waals surface area contributed by atoms with Gasteiger partial charge in [0.15, 0.2) is 0 Å². The van der Waals surface area contributed by atoms with E-state index in [1.54, 1.807) is 7.11 Å². The van der Waals surface area contributed by atoms with Gasteiger partial charge in [-0.3, -0.25) is 15.1 Å². The molecule has 0 bridgehead atoms. The van der Waals surface area contributed by atoms with Crippen LogP contribution in [-0.4, -0.2) is 80.3 Å². The van der Waals surface area contributed by atoms with Crippen LogP contribution in [0.3, 0.4) is 0 Å². The number of pyridine rings is 1. The van der Waals surface area contributed by atoms with Crippen LogP contribution in [-0.2, 0) is 22.4 Å². The number of aliphatic carboxylic acids is 1. The number of unbranched alkanes of at least 4 members (excludes halogenated alkanes) is 2. The van der Waals surface area contributed by atoms with Gasteiger partial charge in [0.05, 0.1) is 13.3 Å². The Hall–Kier alpha value is -2.03. The zero-order valence-electron chi connectivity index (χ0n) is 18.2. The summed E-state index contributed by atoms with van der Waals surface area (Å²) in [4.78, 5) is 22.1. The second-order valence-electron chi connectivity index (χ2n) is 7.75. The van der Waals surface area contributed by atoms with Crippen molar-refractivity contribution >= 4 is 18.5 Å². The fraction of sp³-hybridized carbons (Fsp3) is 0.682. The van der Waals surface area contributed by atoms with E-state index in [4.69, 9.17) is 9.72 Å². The quantitative estimate of drug-likeness (QED) is 0.279. The first-order chi connectivity index (χ1) is 14.6. The van der Waals surface area contributed by atoms with Crippen molar-refractivity contribution in [2.75, 3.05) is 51.9 Å². The average molecular weight is 420 g/mol. The van der Waals surface area contributed by atoms with E-state index in [2.05, 4.69) is 39.4 Å². The minimum Gasteiger partial charge on any atom is -0.480 e. The predicted octanol–water partition coefficient (Wildman–Crippen LogP) is 2.19. The van der Waals surface area contributed by atoms with Crippen LogP contribution in [0.2, 0.25) is 0 Å². The lowest BCUT2D eigenvalue weighted by Crippen LogP contribution is -2.40. The summed E-state index contributed by atoms with van der Waals surface area (Å²) in [6, 6.07) is 3.77. The number of rotatable bonds is 16. The lowest BCUT2D eigenvalue weighted by atomic mass is 10.1. The van der Waals surface area contributed by atoms with Gasteiger partial charge in [0.1, 0.15) is 11.9 Å². The van der Waals surface area contributed by atoms with E-state index in [-0.39, 0.29) is 6.67 Å². The molecule has 0 fully saturated rings. The van der Waals surface area contributed by atoms with Crippen molar-refractivity contribution in [2.24, 2.45) is 4.99 Å². The molecule has 1 aromatic rings. The summed E-state index contributed by atoms with van der Waals surface area (Å²) in [5.74, 6) is 0.218. The lowest BCUT2D eigenvalue weighted by molar-refractivity contribution is -0.139. The summed E-state index contributed by atoms with van der Waals surface area (Å²) in [6.45, 7) is 7.76. The number of aryl methyl sites for hydroxylation is 2. The molecule has 8 heteroatoms. The molecule has 1 aromatic heterocycles. The van der Waals surface area contributed by atoms with Gasteiger partial charge in [0, 0.05) is 32.4 Å². The third-order valence-electron chi connectivity index (χ3n) is 5.45. The Morgan fingerprint density at radius 1 is 1.37 bits per heavy atom. The Kier molecular flexibility index (Phi) is 11.4. The number of carboxylic acid groups (broad SMARTS) is 1. The molecule has 1 aliphatic rings. The van der Waals surface area contributed by atoms with Gasteiger partial charge in [-0.1, -0.05) is 12.5 Å². The maximum atomic E-state index is 11.4. The van der Waals surface area contributed by atoms with Crippen LogP contribution in [0.25, 0.3) is 0 Å². The zero-order chi connectivity index (χ0) is 21.6. The highest BCUT2D eigenvalue weighted by Gasteiger charge is 2.17. The van der Waals surface area contributed by atoms with Gasteiger partial charge < -0.3 is 20.1 Å². The molecular weight excluding hydrogens is 382 g/mol. The molecule has 0 amide bonds.